The standard InChI is InChI=1S/C86H88N2/c1-81(2,3)61-29-23-55(24-30-61)69-51-72(58-22-20-54-28-38-68(46-60(54)44-58)88-79-41-35-65(85(13,14)15)49-75(79)76-50-66(86(16,17)18)36-42-80(76)88)70(56-25-31-62(32-26-56)82(4,5)6)52-71(69)57-21-19-53-27-37-67(45-59(53)43-57)87-77-39-33-63(83(7,8)9)47-73(77)74-48-64(84(10,11)12)34-40-78(74)87/h19-52H,1-18H3. The molecule has 0 aliphatic heterocycles. The minimum Gasteiger partial charge on any atom is -0.309 e. The molecule has 0 saturated heterocycles. The van der Waals surface area contributed by atoms with Crippen molar-refractivity contribution in [3.63, 3.8) is 0 Å². The number of hydrogen-bond acceptors (Lipinski definition) is 0. The molecule has 0 unspecified atom stereocenters. The van der Waals surface area contributed by atoms with Crippen LogP contribution in [0.5, 0.6) is 0 Å². The van der Waals surface area contributed by atoms with Gasteiger partial charge in [0.15, 0.2) is 0 Å². The number of fused-ring (bicyclic) bond motifs is 8. The van der Waals surface area contributed by atoms with E-state index in [0.717, 1.165) is 11.4 Å². The lowest BCUT2D eigenvalue weighted by molar-refractivity contribution is 0.590. The largest absolute Gasteiger partial charge is 0.309 e. The van der Waals surface area contributed by atoms with E-state index in [9.17, 15) is 0 Å². The van der Waals surface area contributed by atoms with Gasteiger partial charge in [0.25, 0.3) is 0 Å². The Morgan fingerprint density at radius 1 is 0.193 bits per heavy atom. The average molecular weight is 1150 g/mol. The molecule has 2 aromatic heterocycles. The van der Waals surface area contributed by atoms with Crippen LogP contribution in [0.15, 0.2) is 206 Å². The van der Waals surface area contributed by atoms with Crippen LogP contribution in [0.2, 0.25) is 0 Å². The van der Waals surface area contributed by atoms with Crippen molar-refractivity contribution in [3.8, 4) is 55.9 Å². The van der Waals surface area contributed by atoms with Gasteiger partial charge in [-0.05, 0) is 229 Å². The Morgan fingerprint density at radius 3 is 0.705 bits per heavy atom. The average Bonchev–Trinajstić information content (AvgIpc) is 1.53. The van der Waals surface area contributed by atoms with Gasteiger partial charge in [-0.2, -0.15) is 0 Å². The molecule has 0 radical (unpaired) electrons. The highest BCUT2D eigenvalue weighted by atomic mass is 15.0. The number of nitrogens with zero attached hydrogens (tertiary/aromatic N) is 2. The van der Waals surface area contributed by atoms with Gasteiger partial charge in [-0.15, -0.1) is 0 Å². The molecule has 442 valence electrons. The van der Waals surface area contributed by atoms with Crippen molar-refractivity contribution in [2.75, 3.05) is 0 Å². The Bertz CT molecular complexity index is 4450. The maximum Gasteiger partial charge on any atom is 0.0541 e. The summed E-state index contributed by atoms with van der Waals surface area (Å²) in [5.41, 5.74) is 24.9. The molecule has 0 N–H and O–H groups in total. The zero-order valence-corrected chi connectivity index (χ0v) is 55.5. The zero-order valence-electron chi connectivity index (χ0n) is 55.5. The van der Waals surface area contributed by atoms with Crippen LogP contribution in [0, 0.1) is 0 Å². The number of aromatic nitrogens is 2. The van der Waals surface area contributed by atoms with E-state index < -0.39 is 0 Å². The summed E-state index contributed by atoms with van der Waals surface area (Å²) in [6.45, 7) is 41.6. The molecule has 2 heterocycles. The highest BCUT2D eigenvalue weighted by Crippen LogP contribution is 2.46. The fourth-order valence-corrected chi connectivity index (χ4v) is 13.4. The number of benzene rings is 11. The summed E-state index contributed by atoms with van der Waals surface area (Å²) in [6.07, 6.45) is 0. The first kappa shape index (κ1) is 58.6. The first-order valence-electron chi connectivity index (χ1n) is 32.0. The fraction of sp³-hybridized carbons (Fsp3) is 0.279. The van der Waals surface area contributed by atoms with Gasteiger partial charge >= 0.3 is 0 Å². The number of hydrogen-bond donors (Lipinski definition) is 0. The van der Waals surface area contributed by atoms with Crippen LogP contribution >= 0.6 is 0 Å². The Kier molecular flexibility index (Phi) is 13.7. The Balaban J connectivity index is 1.02. The second-order valence-corrected chi connectivity index (χ2v) is 31.7. The van der Waals surface area contributed by atoms with Crippen molar-refractivity contribution in [3.05, 3.63) is 240 Å². The summed E-state index contributed by atoms with van der Waals surface area (Å²) in [6, 6.07) is 80.6. The second kappa shape index (κ2) is 20.6. The van der Waals surface area contributed by atoms with Crippen molar-refractivity contribution in [2.24, 2.45) is 0 Å². The molecular weight excluding hydrogens is 1060 g/mol. The van der Waals surface area contributed by atoms with Gasteiger partial charge in [-0.25, -0.2) is 0 Å². The molecule has 13 rings (SSSR count). The molecule has 88 heavy (non-hydrogen) atoms. The quantitative estimate of drug-likeness (QED) is 0.157. The summed E-state index contributed by atoms with van der Waals surface area (Å²) < 4.78 is 4.99. The van der Waals surface area contributed by atoms with Crippen molar-refractivity contribution in [1.82, 2.24) is 9.13 Å². The summed E-state index contributed by atoms with van der Waals surface area (Å²) >= 11 is 0. The van der Waals surface area contributed by atoms with E-state index in [2.05, 4.69) is 340 Å². The second-order valence-electron chi connectivity index (χ2n) is 31.7. The Labute approximate surface area is 523 Å². The first-order chi connectivity index (χ1) is 41.4. The monoisotopic (exact) mass is 1150 g/mol. The molecule has 0 atom stereocenters. The van der Waals surface area contributed by atoms with Crippen molar-refractivity contribution >= 4 is 65.2 Å². The predicted molar refractivity (Wildman–Crippen MR) is 384 cm³/mol. The van der Waals surface area contributed by atoms with E-state index in [1.54, 1.807) is 0 Å². The molecule has 0 bridgehead atoms. The smallest absolute Gasteiger partial charge is 0.0541 e. The Morgan fingerprint density at radius 2 is 0.432 bits per heavy atom. The molecule has 0 saturated carbocycles. The normalized spacial score (nSPS) is 13.1. The van der Waals surface area contributed by atoms with Gasteiger partial charge in [0.1, 0.15) is 0 Å². The van der Waals surface area contributed by atoms with Gasteiger partial charge in [0.2, 0.25) is 0 Å². The van der Waals surface area contributed by atoms with Gasteiger partial charge in [-0.1, -0.05) is 234 Å². The lowest BCUT2D eigenvalue weighted by Gasteiger charge is -2.22. The molecular formula is C86H88N2. The van der Waals surface area contributed by atoms with Crippen LogP contribution < -0.4 is 0 Å². The molecule has 0 spiro atoms. The zero-order chi connectivity index (χ0) is 62.4. The molecule has 0 fully saturated rings. The molecule has 2 nitrogen and oxygen atoms in total. The third-order valence-electron chi connectivity index (χ3n) is 19.1. The van der Waals surface area contributed by atoms with E-state index in [0.29, 0.717) is 0 Å². The summed E-state index contributed by atoms with van der Waals surface area (Å²) in [7, 11) is 0. The molecule has 11 aromatic carbocycles. The SMILES string of the molecule is CC(C)(C)c1ccc(-c2cc(-c3ccc4ccc(-n5c6ccc(C(C)(C)C)cc6c6cc(C(C)(C)C)ccc65)cc4c3)c(-c3ccc(C(C)(C)C)cc3)cc2-c2ccc3ccc(-n4c5ccc(C(C)(C)C)cc5c5cc(C(C)(C)C)ccc54)cc3c2)cc1. The first-order valence-corrected chi connectivity index (χ1v) is 32.0. The van der Waals surface area contributed by atoms with Gasteiger partial charge in [0.05, 0.1) is 22.1 Å². The van der Waals surface area contributed by atoms with Crippen LogP contribution in [-0.2, 0) is 32.5 Å². The summed E-state index contributed by atoms with van der Waals surface area (Å²) in [4.78, 5) is 0. The molecule has 13 aromatic rings. The molecule has 0 amide bonds. The van der Waals surface area contributed by atoms with E-state index >= 15 is 0 Å². The third kappa shape index (κ3) is 10.5. The van der Waals surface area contributed by atoms with Crippen LogP contribution in [0.1, 0.15) is 158 Å². The minimum absolute atomic E-state index is 0.0136. The van der Waals surface area contributed by atoms with E-state index in [-0.39, 0.29) is 32.5 Å². The van der Waals surface area contributed by atoms with Crippen molar-refractivity contribution < 1.29 is 0 Å². The third-order valence-corrected chi connectivity index (χ3v) is 19.1. The van der Waals surface area contributed by atoms with Gasteiger partial charge < -0.3 is 9.13 Å². The highest BCUT2D eigenvalue weighted by molar-refractivity contribution is 6.12. The highest BCUT2D eigenvalue weighted by Gasteiger charge is 2.26. The lowest BCUT2D eigenvalue weighted by Crippen LogP contribution is -2.10. The van der Waals surface area contributed by atoms with E-state index in [4.69, 9.17) is 0 Å². The van der Waals surface area contributed by atoms with Gasteiger partial charge in [0, 0.05) is 32.9 Å². The maximum atomic E-state index is 2.50. The predicted octanol–water partition coefficient (Wildman–Crippen LogP) is 24.6. The van der Waals surface area contributed by atoms with Crippen LogP contribution in [0.3, 0.4) is 0 Å². The van der Waals surface area contributed by atoms with Crippen LogP contribution in [-0.4, -0.2) is 9.13 Å². The summed E-state index contributed by atoms with van der Waals surface area (Å²) in [5.74, 6) is 0. The molecule has 2 heteroatoms. The van der Waals surface area contributed by atoms with Crippen molar-refractivity contribution in [1.29, 1.82) is 0 Å². The molecule has 0 aliphatic rings. The van der Waals surface area contributed by atoms with Crippen molar-refractivity contribution in [2.45, 2.75) is 157 Å². The number of rotatable bonds is 6. The van der Waals surface area contributed by atoms with E-state index in [1.165, 1.54) is 143 Å². The minimum atomic E-state index is 0.0136. The topological polar surface area (TPSA) is 9.86 Å². The molecule has 0 aliphatic carbocycles. The fourth-order valence-electron chi connectivity index (χ4n) is 13.4. The van der Waals surface area contributed by atoms with Crippen LogP contribution in [0.25, 0.3) is 121 Å². The Hall–Kier alpha value is -8.46. The summed E-state index contributed by atoms with van der Waals surface area (Å²) in [5, 5.41) is 10.0. The lowest BCUT2D eigenvalue weighted by atomic mass is 9.82. The van der Waals surface area contributed by atoms with Crippen LogP contribution in [0.4, 0.5) is 0 Å². The maximum absolute atomic E-state index is 2.50. The van der Waals surface area contributed by atoms with Gasteiger partial charge in [-0.3, -0.25) is 0 Å². The van der Waals surface area contributed by atoms with E-state index in [1.807, 2.05) is 0 Å².